The third-order valence-corrected chi connectivity index (χ3v) is 6.59. The van der Waals surface area contributed by atoms with Gasteiger partial charge in [-0.2, -0.15) is 17.6 Å². The Kier molecular flexibility index (Phi) is 9.78. The van der Waals surface area contributed by atoms with E-state index < -0.39 is 48.3 Å². The van der Waals surface area contributed by atoms with Crippen molar-refractivity contribution in [2.24, 2.45) is 0 Å². The molecule has 2 heterocycles. The first-order valence-corrected chi connectivity index (χ1v) is 13.9. The van der Waals surface area contributed by atoms with Gasteiger partial charge in [-0.05, 0) is 75.9 Å². The zero-order valence-electron chi connectivity index (χ0n) is 24.6. The molecule has 0 saturated heterocycles. The van der Waals surface area contributed by atoms with Crippen LogP contribution in [0.4, 0.5) is 27.2 Å². The van der Waals surface area contributed by atoms with E-state index in [-0.39, 0.29) is 36.7 Å². The molecule has 2 aliphatic heterocycles. The zero-order valence-corrected chi connectivity index (χ0v) is 25.3. The summed E-state index contributed by atoms with van der Waals surface area (Å²) in [6, 6.07) is 9.09. The van der Waals surface area contributed by atoms with Crippen molar-refractivity contribution in [1.29, 1.82) is 0 Å². The molecule has 7 nitrogen and oxygen atoms in total. The summed E-state index contributed by atoms with van der Waals surface area (Å²) in [5, 5.41) is 9.05. The van der Waals surface area contributed by atoms with Crippen LogP contribution in [0.15, 0.2) is 36.4 Å². The van der Waals surface area contributed by atoms with Gasteiger partial charge in [0, 0.05) is 30.1 Å². The first kappa shape index (κ1) is 33.5. The molecule has 4 rings (SSSR count). The summed E-state index contributed by atoms with van der Waals surface area (Å²) in [6.45, 7) is 8.67. The smallest absolute Gasteiger partial charge is 0.410 e. The number of hydrogen-bond donors (Lipinski definition) is 1. The van der Waals surface area contributed by atoms with E-state index in [1.165, 1.54) is 18.2 Å². The number of amides is 2. The minimum Gasteiger partial charge on any atom is -0.444 e. The fourth-order valence-electron chi connectivity index (χ4n) is 4.47. The Balaban J connectivity index is 0.000000230. The number of carbonyl (C=O) groups excluding carboxylic acids is 2. The molecule has 42 heavy (non-hydrogen) atoms. The van der Waals surface area contributed by atoms with Crippen LogP contribution >= 0.6 is 11.6 Å². The normalized spacial score (nSPS) is 17.3. The second-order valence-corrected chi connectivity index (χ2v) is 12.6. The molecule has 0 unspecified atom stereocenters. The van der Waals surface area contributed by atoms with Crippen LogP contribution in [0, 0.1) is 0 Å². The number of fused-ring (bicyclic) bond motifs is 2. The summed E-state index contributed by atoms with van der Waals surface area (Å²) in [5.74, 6) is -6.08. The van der Waals surface area contributed by atoms with E-state index in [0.717, 1.165) is 9.80 Å². The van der Waals surface area contributed by atoms with Crippen molar-refractivity contribution in [3.05, 3.63) is 69.8 Å². The molecular weight excluding hydrogens is 580 g/mol. The highest BCUT2D eigenvalue weighted by Gasteiger charge is 2.44. The molecule has 0 fully saturated rings. The standard InChI is InChI=1S/C15H18ClF2NO2.C15H19F2NO3/c1-14(2,3)21-13(20)19-8-11-5-4-10(7-16)6-12(11)15(17,18)9-19;1-14(2,3)21-13(20)18-7-11-5-4-10(8-19)6-12(11)15(16,17)9-18/h4-6H,7-9H2,1-3H3;4-6,19H,7-9H2,1-3H3. The van der Waals surface area contributed by atoms with Crippen molar-refractivity contribution in [2.75, 3.05) is 13.1 Å². The summed E-state index contributed by atoms with van der Waals surface area (Å²) in [5.41, 5.74) is 0.234. The maximum atomic E-state index is 14.3. The molecule has 0 aliphatic carbocycles. The summed E-state index contributed by atoms with van der Waals surface area (Å²) in [6.07, 6.45) is -1.48. The maximum absolute atomic E-state index is 14.3. The van der Waals surface area contributed by atoms with Crippen LogP contribution in [0.25, 0.3) is 0 Å². The lowest BCUT2D eigenvalue weighted by Gasteiger charge is -2.35. The van der Waals surface area contributed by atoms with Crippen LogP contribution in [0.2, 0.25) is 0 Å². The van der Waals surface area contributed by atoms with Gasteiger partial charge in [0.05, 0.1) is 19.7 Å². The van der Waals surface area contributed by atoms with Crippen molar-refractivity contribution in [3.63, 3.8) is 0 Å². The molecular formula is C30H37ClF4N2O5. The van der Waals surface area contributed by atoms with E-state index in [4.69, 9.17) is 26.2 Å². The van der Waals surface area contributed by atoms with Crippen molar-refractivity contribution >= 4 is 23.8 Å². The van der Waals surface area contributed by atoms with E-state index in [0.29, 0.717) is 22.3 Å². The lowest BCUT2D eigenvalue weighted by atomic mass is 9.94. The van der Waals surface area contributed by atoms with Crippen LogP contribution < -0.4 is 0 Å². The number of alkyl halides is 5. The fraction of sp³-hybridized carbons (Fsp3) is 0.533. The van der Waals surface area contributed by atoms with Gasteiger partial charge in [0.15, 0.2) is 0 Å². The quantitative estimate of drug-likeness (QED) is 0.283. The first-order valence-electron chi connectivity index (χ1n) is 13.4. The van der Waals surface area contributed by atoms with E-state index in [2.05, 4.69) is 0 Å². The van der Waals surface area contributed by atoms with Gasteiger partial charge in [-0.3, -0.25) is 9.80 Å². The van der Waals surface area contributed by atoms with Gasteiger partial charge < -0.3 is 14.6 Å². The highest BCUT2D eigenvalue weighted by molar-refractivity contribution is 6.17. The minimum absolute atomic E-state index is 0.0551. The first-order chi connectivity index (χ1) is 19.2. The Labute approximate surface area is 248 Å². The van der Waals surface area contributed by atoms with Gasteiger partial charge in [0.2, 0.25) is 0 Å². The molecule has 0 spiro atoms. The fourth-order valence-corrected chi connectivity index (χ4v) is 4.64. The third-order valence-electron chi connectivity index (χ3n) is 6.28. The SMILES string of the molecule is CC(C)(C)OC(=O)N1Cc2ccc(CCl)cc2C(F)(F)C1.CC(C)(C)OC(=O)N1Cc2ccc(CO)cc2C(F)(F)C1. The Morgan fingerprint density at radius 3 is 1.52 bits per heavy atom. The predicted molar refractivity (Wildman–Crippen MR) is 149 cm³/mol. The van der Waals surface area contributed by atoms with Gasteiger partial charge >= 0.3 is 12.2 Å². The summed E-state index contributed by atoms with van der Waals surface area (Å²) in [7, 11) is 0. The molecule has 0 saturated carbocycles. The second kappa shape index (κ2) is 12.3. The van der Waals surface area contributed by atoms with E-state index in [1.807, 2.05) is 0 Å². The average molecular weight is 617 g/mol. The van der Waals surface area contributed by atoms with Gasteiger partial charge in [0.25, 0.3) is 11.8 Å². The number of benzene rings is 2. The Morgan fingerprint density at radius 1 is 0.786 bits per heavy atom. The molecule has 2 aliphatic rings. The van der Waals surface area contributed by atoms with Crippen molar-refractivity contribution in [2.45, 2.75) is 90.2 Å². The molecule has 2 aromatic rings. The average Bonchev–Trinajstić information content (AvgIpc) is 2.86. The Morgan fingerprint density at radius 2 is 1.17 bits per heavy atom. The molecule has 0 aromatic heterocycles. The Hall–Kier alpha value is -3.05. The minimum atomic E-state index is -3.16. The van der Waals surface area contributed by atoms with Crippen LogP contribution in [0.3, 0.4) is 0 Å². The Bertz CT molecular complexity index is 1210. The number of ether oxygens (including phenoxy) is 2. The van der Waals surface area contributed by atoms with E-state index in [9.17, 15) is 27.2 Å². The maximum Gasteiger partial charge on any atom is 0.410 e. The van der Waals surface area contributed by atoms with E-state index in [1.54, 1.807) is 59.7 Å². The van der Waals surface area contributed by atoms with Gasteiger partial charge in [-0.15, -0.1) is 11.6 Å². The number of halogens is 5. The molecule has 2 aromatic carbocycles. The molecule has 0 atom stereocenters. The number of nitrogens with zero attached hydrogens (tertiary/aromatic N) is 2. The highest BCUT2D eigenvalue weighted by atomic mass is 35.5. The molecule has 1 N–H and O–H groups in total. The zero-order chi connectivity index (χ0) is 31.7. The van der Waals surface area contributed by atoms with Crippen molar-refractivity contribution in [3.8, 4) is 0 Å². The van der Waals surface area contributed by atoms with Crippen LogP contribution in [0.5, 0.6) is 0 Å². The van der Waals surface area contributed by atoms with Crippen molar-refractivity contribution < 1.29 is 41.7 Å². The van der Waals surface area contributed by atoms with Crippen LogP contribution in [0.1, 0.15) is 74.9 Å². The second-order valence-electron chi connectivity index (χ2n) is 12.4. The molecule has 232 valence electrons. The lowest BCUT2D eigenvalue weighted by Crippen LogP contribution is -2.45. The van der Waals surface area contributed by atoms with Crippen LogP contribution in [-0.4, -0.2) is 51.4 Å². The third kappa shape index (κ3) is 8.50. The van der Waals surface area contributed by atoms with Gasteiger partial charge in [-0.25, -0.2) is 9.59 Å². The summed E-state index contributed by atoms with van der Waals surface area (Å²) >= 11 is 5.68. The molecule has 0 radical (unpaired) electrons. The summed E-state index contributed by atoms with van der Waals surface area (Å²) < 4.78 is 67.3. The highest BCUT2D eigenvalue weighted by Crippen LogP contribution is 2.39. The van der Waals surface area contributed by atoms with Gasteiger partial charge in [-0.1, -0.05) is 24.3 Å². The number of rotatable bonds is 2. The number of aliphatic hydroxyl groups is 1. The topological polar surface area (TPSA) is 79.3 Å². The van der Waals surface area contributed by atoms with Gasteiger partial charge in [0.1, 0.15) is 11.2 Å². The lowest BCUT2D eigenvalue weighted by molar-refractivity contribution is -0.0592. The number of aliphatic hydroxyl groups excluding tert-OH is 1. The molecule has 0 bridgehead atoms. The van der Waals surface area contributed by atoms with Crippen LogP contribution in [-0.2, 0) is 46.9 Å². The van der Waals surface area contributed by atoms with Crippen molar-refractivity contribution in [1.82, 2.24) is 9.80 Å². The monoisotopic (exact) mass is 616 g/mol. The molecule has 2 amide bonds. The molecule has 12 heteroatoms. The largest absolute Gasteiger partial charge is 0.444 e. The van der Waals surface area contributed by atoms with E-state index >= 15 is 0 Å². The number of carbonyl (C=O) groups is 2. The summed E-state index contributed by atoms with van der Waals surface area (Å²) in [4.78, 5) is 26.0. The predicted octanol–water partition coefficient (Wildman–Crippen LogP) is 7.29. The number of hydrogen-bond acceptors (Lipinski definition) is 5.